The van der Waals surface area contributed by atoms with Crippen molar-refractivity contribution >= 4 is 11.5 Å². The number of aliphatic hydroxyl groups excluding tert-OH is 1. The summed E-state index contributed by atoms with van der Waals surface area (Å²) in [6.07, 6.45) is 2.02. The third-order valence-corrected chi connectivity index (χ3v) is 3.03. The fourth-order valence-electron chi connectivity index (χ4n) is 2.01. The fraction of sp³-hybridized carbons (Fsp3) is 0.357. The molecule has 1 heterocycles. The molecule has 0 aromatic heterocycles. The van der Waals surface area contributed by atoms with Crippen LogP contribution in [-0.2, 0) is 4.79 Å². The van der Waals surface area contributed by atoms with Crippen molar-refractivity contribution in [1.29, 1.82) is 0 Å². The molecule has 1 amide bonds. The van der Waals surface area contributed by atoms with Crippen molar-refractivity contribution in [2.24, 2.45) is 0 Å². The molecule has 0 fully saturated rings. The molecule has 0 saturated carbocycles. The molecule has 1 aliphatic heterocycles. The highest BCUT2D eigenvalue weighted by Gasteiger charge is 2.30. The molecule has 0 bridgehead atoms. The maximum Gasteiger partial charge on any atom is 0.289 e. The molecule has 0 radical (unpaired) electrons. The third kappa shape index (κ3) is 2.33. The van der Waals surface area contributed by atoms with Gasteiger partial charge in [0.15, 0.2) is 5.76 Å². The molecule has 1 N–H and O–H groups in total. The van der Waals surface area contributed by atoms with Crippen molar-refractivity contribution in [2.45, 2.75) is 19.8 Å². The Morgan fingerprint density at radius 1 is 1.29 bits per heavy atom. The molecule has 2 rings (SSSR count). The van der Waals surface area contributed by atoms with Gasteiger partial charge in [-0.3, -0.25) is 4.79 Å². The molecule has 17 heavy (non-hydrogen) atoms. The van der Waals surface area contributed by atoms with E-state index in [1.807, 2.05) is 30.3 Å². The predicted molar refractivity (Wildman–Crippen MR) is 67.5 cm³/mol. The van der Waals surface area contributed by atoms with E-state index in [1.165, 1.54) is 0 Å². The highest BCUT2D eigenvalue weighted by Crippen LogP contribution is 2.26. The summed E-state index contributed by atoms with van der Waals surface area (Å²) in [7, 11) is 0. The van der Waals surface area contributed by atoms with Gasteiger partial charge in [0.1, 0.15) is 0 Å². The first-order chi connectivity index (χ1) is 8.24. The number of amides is 1. The zero-order chi connectivity index (χ0) is 12.3. The number of benzene rings is 1. The first-order valence-corrected chi connectivity index (χ1v) is 6.01. The summed E-state index contributed by atoms with van der Waals surface area (Å²) in [5, 5.41) is 9.87. The number of rotatable bonds is 4. The summed E-state index contributed by atoms with van der Waals surface area (Å²) < 4.78 is 0. The Morgan fingerprint density at radius 2 is 2.00 bits per heavy atom. The van der Waals surface area contributed by atoms with E-state index in [0.717, 1.165) is 30.5 Å². The lowest BCUT2D eigenvalue weighted by atomic mass is 10.1. The maximum atomic E-state index is 11.8. The van der Waals surface area contributed by atoms with Crippen LogP contribution in [0.15, 0.2) is 36.1 Å². The predicted octanol–water partition coefficient (Wildman–Crippen LogP) is 2.60. The van der Waals surface area contributed by atoms with Crippen LogP contribution in [0.4, 0.5) is 0 Å². The number of aliphatic hydroxyl groups is 1. The monoisotopic (exact) mass is 231 g/mol. The molecule has 0 spiro atoms. The normalized spacial score (nSPS) is 15.8. The van der Waals surface area contributed by atoms with Gasteiger partial charge in [0.05, 0.1) is 6.54 Å². The quantitative estimate of drug-likeness (QED) is 0.865. The summed E-state index contributed by atoms with van der Waals surface area (Å²) in [4.78, 5) is 13.5. The molecular formula is C14H17NO2. The molecule has 1 aromatic carbocycles. The Kier molecular flexibility index (Phi) is 3.47. The highest BCUT2D eigenvalue weighted by molar-refractivity contribution is 6.03. The van der Waals surface area contributed by atoms with Crippen LogP contribution in [0.5, 0.6) is 0 Å². The molecule has 1 aromatic rings. The van der Waals surface area contributed by atoms with E-state index in [0.29, 0.717) is 6.54 Å². The number of unbranched alkanes of at least 4 members (excludes halogenated alkanes) is 1. The van der Waals surface area contributed by atoms with Gasteiger partial charge in [0.2, 0.25) is 0 Å². The van der Waals surface area contributed by atoms with E-state index in [-0.39, 0.29) is 11.7 Å². The first-order valence-electron chi connectivity index (χ1n) is 6.01. The number of hydrogen-bond donors (Lipinski definition) is 1. The Hall–Kier alpha value is -1.77. The van der Waals surface area contributed by atoms with Gasteiger partial charge in [0, 0.05) is 12.1 Å². The topological polar surface area (TPSA) is 40.5 Å². The van der Waals surface area contributed by atoms with E-state index >= 15 is 0 Å². The van der Waals surface area contributed by atoms with Gasteiger partial charge >= 0.3 is 0 Å². The number of hydrogen-bond acceptors (Lipinski definition) is 2. The van der Waals surface area contributed by atoms with Gasteiger partial charge in [-0.05, 0) is 12.0 Å². The Bertz CT molecular complexity index is 437. The van der Waals surface area contributed by atoms with Gasteiger partial charge < -0.3 is 10.0 Å². The molecule has 3 heteroatoms. The number of carbonyl (C=O) groups excluding carboxylic acids is 1. The van der Waals surface area contributed by atoms with Crippen molar-refractivity contribution in [3.63, 3.8) is 0 Å². The van der Waals surface area contributed by atoms with Gasteiger partial charge in [0.25, 0.3) is 5.91 Å². The smallest absolute Gasteiger partial charge is 0.289 e. The highest BCUT2D eigenvalue weighted by atomic mass is 16.3. The van der Waals surface area contributed by atoms with Crippen LogP contribution in [0.25, 0.3) is 5.57 Å². The zero-order valence-corrected chi connectivity index (χ0v) is 10.0. The average molecular weight is 231 g/mol. The van der Waals surface area contributed by atoms with Crippen molar-refractivity contribution in [3.05, 3.63) is 41.7 Å². The van der Waals surface area contributed by atoms with Crippen LogP contribution in [0.3, 0.4) is 0 Å². The van der Waals surface area contributed by atoms with Crippen molar-refractivity contribution in [3.8, 4) is 0 Å². The lowest BCUT2D eigenvalue weighted by molar-refractivity contribution is -0.127. The van der Waals surface area contributed by atoms with Crippen LogP contribution in [0.2, 0.25) is 0 Å². The first kappa shape index (κ1) is 11.7. The lowest BCUT2D eigenvalue weighted by Gasteiger charge is -2.15. The number of carbonyl (C=O) groups is 1. The average Bonchev–Trinajstić information content (AvgIpc) is 2.65. The molecule has 0 aliphatic carbocycles. The lowest BCUT2D eigenvalue weighted by Crippen LogP contribution is -2.28. The summed E-state index contributed by atoms with van der Waals surface area (Å²) >= 11 is 0. The maximum absolute atomic E-state index is 11.8. The van der Waals surface area contributed by atoms with Crippen molar-refractivity contribution in [1.82, 2.24) is 4.90 Å². The fourth-order valence-corrected chi connectivity index (χ4v) is 2.01. The molecule has 3 nitrogen and oxygen atoms in total. The largest absolute Gasteiger partial charge is 0.503 e. The molecule has 0 atom stereocenters. The third-order valence-electron chi connectivity index (χ3n) is 3.03. The molecule has 90 valence electrons. The molecule has 0 saturated heterocycles. The van der Waals surface area contributed by atoms with E-state index in [9.17, 15) is 9.90 Å². The summed E-state index contributed by atoms with van der Waals surface area (Å²) in [5.41, 5.74) is 1.67. The molecule has 1 aliphatic rings. The van der Waals surface area contributed by atoms with Crippen LogP contribution in [0.1, 0.15) is 25.3 Å². The minimum absolute atomic E-state index is 0.0905. The van der Waals surface area contributed by atoms with Crippen LogP contribution >= 0.6 is 0 Å². The van der Waals surface area contributed by atoms with Gasteiger partial charge in [-0.15, -0.1) is 0 Å². The van der Waals surface area contributed by atoms with Gasteiger partial charge in [-0.2, -0.15) is 0 Å². The van der Waals surface area contributed by atoms with E-state index in [1.54, 1.807) is 4.90 Å². The van der Waals surface area contributed by atoms with Crippen molar-refractivity contribution in [2.75, 3.05) is 13.1 Å². The van der Waals surface area contributed by atoms with E-state index in [2.05, 4.69) is 6.92 Å². The van der Waals surface area contributed by atoms with Crippen LogP contribution in [0, 0.1) is 0 Å². The summed E-state index contributed by atoms with van der Waals surface area (Å²) in [6, 6.07) is 9.58. The second-order valence-corrected chi connectivity index (χ2v) is 4.27. The van der Waals surface area contributed by atoms with Crippen molar-refractivity contribution < 1.29 is 9.90 Å². The second-order valence-electron chi connectivity index (χ2n) is 4.27. The van der Waals surface area contributed by atoms with Crippen LogP contribution in [-0.4, -0.2) is 29.0 Å². The minimum Gasteiger partial charge on any atom is -0.503 e. The second kappa shape index (κ2) is 5.04. The Labute approximate surface area is 101 Å². The SMILES string of the molecule is CCCCN1CC(c2ccccc2)=C(O)C1=O. The van der Waals surface area contributed by atoms with Gasteiger partial charge in [-0.1, -0.05) is 43.7 Å². The summed E-state index contributed by atoms with van der Waals surface area (Å²) in [5.74, 6) is -0.329. The van der Waals surface area contributed by atoms with Gasteiger partial charge in [-0.25, -0.2) is 0 Å². The Balaban J connectivity index is 2.17. The van der Waals surface area contributed by atoms with E-state index < -0.39 is 0 Å². The summed E-state index contributed by atoms with van der Waals surface area (Å²) in [6.45, 7) is 3.33. The number of nitrogens with zero attached hydrogens (tertiary/aromatic N) is 1. The standard InChI is InChI=1S/C14H17NO2/c1-2-3-9-15-10-12(13(16)14(15)17)11-7-5-4-6-8-11/h4-8,16H,2-3,9-10H2,1H3. The van der Waals surface area contributed by atoms with E-state index in [4.69, 9.17) is 0 Å². The van der Waals surface area contributed by atoms with Crippen LogP contribution < -0.4 is 0 Å². The Morgan fingerprint density at radius 3 is 2.65 bits per heavy atom. The molecular weight excluding hydrogens is 214 g/mol. The zero-order valence-electron chi connectivity index (χ0n) is 10.0. The minimum atomic E-state index is -0.239. The molecule has 0 unspecified atom stereocenters.